The Bertz CT molecular complexity index is 212. The summed E-state index contributed by atoms with van der Waals surface area (Å²) < 4.78 is 84.7. The van der Waals surface area contributed by atoms with Crippen molar-refractivity contribution in [1.29, 1.82) is 0 Å². The van der Waals surface area contributed by atoms with Gasteiger partial charge in [-0.1, -0.05) is 0 Å². The van der Waals surface area contributed by atoms with Crippen molar-refractivity contribution >= 4 is 0 Å². The highest BCUT2D eigenvalue weighted by Gasteiger charge is 2.74. The molecular formula is C6H9F7N2. The SMILES string of the molecule is NCC[C@@H](N)C(F)(F)C(F)(F)C(F)(F)F. The van der Waals surface area contributed by atoms with Gasteiger partial charge in [-0.3, -0.25) is 0 Å². The van der Waals surface area contributed by atoms with Crippen molar-refractivity contribution in [3.05, 3.63) is 0 Å². The third-order valence-corrected chi connectivity index (χ3v) is 1.72. The molecule has 0 saturated heterocycles. The second-order valence-corrected chi connectivity index (χ2v) is 2.88. The third-order valence-electron chi connectivity index (χ3n) is 1.72. The Hall–Kier alpha value is -0.570. The Morgan fingerprint density at radius 1 is 0.933 bits per heavy atom. The van der Waals surface area contributed by atoms with Crippen LogP contribution >= 0.6 is 0 Å². The molecule has 0 spiro atoms. The third kappa shape index (κ3) is 2.51. The molecule has 1 atom stereocenters. The monoisotopic (exact) mass is 242 g/mol. The molecular weight excluding hydrogens is 233 g/mol. The normalized spacial score (nSPS) is 16.6. The Morgan fingerprint density at radius 2 is 1.33 bits per heavy atom. The highest BCUT2D eigenvalue weighted by atomic mass is 19.4. The molecule has 0 fully saturated rings. The predicted octanol–water partition coefficient (Wildman–Crippen LogP) is 1.50. The van der Waals surface area contributed by atoms with E-state index >= 15 is 0 Å². The average molecular weight is 242 g/mol. The summed E-state index contributed by atoms with van der Waals surface area (Å²) in [5.74, 6) is -11.5. The standard InChI is InChI=1S/C6H9F7N2/c7-4(8,3(15)1-2-14)5(9,10)6(11,12)13/h3H,1-2,14-15H2/t3-/m1/s1. The molecule has 0 rings (SSSR count). The van der Waals surface area contributed by atoms with Crippen LogP contribution in [0.15, 0.2) is 0 Å². The van der Waals surface area contributed by atoms with Crippen LogP contribution in [0.3, 0.4) is 0 Å². The summed E-state index contributed by atoms with van der Waals surface area (Å²) in [6.07, 6.45) is -7.18. The molecule has 0 aromatic heterocycles. The van der Waals surface area contributed by atoms with E-state index in [0.29, 0.717) is 0 Å². The topological polar surface area (TPSA) is 52.0 Å². The summed E-state index contributed by atoms with van der Waals surface area (Å²) in [5.41, 5.74) is 9.27. The zero-order valence-electron chi connectivity index (χ0n) is 7.29. The molecule has 0 saturated carbocycles. The lowest BCUT2D eigenvalue weighted by Crippen LogP contribution is -2.60. The van der Waals surface area contributed by atoms with Crippen molar-refractivity contribution in [1.82, 2.24) is 0 Å². The highest BCUT2D eigenvalue weighted by molar-refractivity contribution is 4.97. The zero-order valence-corrected chi connectivity index (χ0v) is 7.29. The van der Waals surface area contributed by atoms with Crippen molar-refractivity contribution < 1.29 is 30.7 Å². The van der Waals surface area contributed by atoms with Gasteiger partial charge in [-0.2, -0.15) is 30.7 Å². The summed E-state index contributed by atoms with van der Waals surface area (Å²) in [6, 6.07) is -2.64. The number of nitrogens with two attached hydrogens (primary N) is 2. The number of halogens is 7. The quantitative estimate of drug-likeness (QED) is 0.734. The number of hydrogen-bond acceptors (Lipinski definition) is 2. The number of alkyl halides is 7. The molecule has 0 aromatic rings. The van der Waals surface area contributed by atoms with Gasteiger partial charge in [0.25, 0.3) is 0 Å². The van der Waals surface area contributed by atoms with Crippen LogP contribution in [-0.2, 0) is 0 Å². The van der Waals surface area contributed by atoms with Crippen LogP contribution in [0.4, 0.5) is 30.7 Å². The van der Waals surface area contributed by atoms with Crippen LogP contribution in [-0.4, -0.2) is 30.6 Å². The Balaban J connectivity index is 5.00. The maximum absolute atomic E-state index is 12.6. The average Bonchev–Trinajstić information content (AvgIpc) is 2.02. The molecule has 9 heteroatoms. The Morgan fingerprint density at radius 3 is 1.60 bits per heavy atom. The van der Waals surface area contributed by atoms with Crippen molar-refractivity contribution in [2.45, 2.75) is 30.5 Å². The molecule has 92 valence electrons. The fourth-order valence-corrected chi connectivity index (χ4v) is 0.783. The lowest BCUT2D eigenvalue weighted by molar-refractivity contribution is -0.358. The fraction of sp³-hybridized carbons (Fsp3) is 1.00. The molecule has 15 heavy (non-hydrogen) atoms. The first-order chi connectivity index (χ1) is 6.48. The second-order valence-electron chi connectivity index (χ2n) is 2.88. The molecule has 0 aliphatic heterocycles. The van der Waals surface area contributed by atoms with Crippen LogP contribution in [0.5, 0.6) is 0 Å². The first-order valence-corrected chi connectivity index (χ1v) is 3.76. The van der Waals surface area contributed by atoms with E-state index in [-0.39, 0.29) is 0 Å². The number of hydrogen-bond donors (Lipinski definition) is 2. The molecule has 2 nitrogen and oxygen atoms in total. The van der Waals surface area contributed by atoms with Gasteiger partial charge in [0.05, 0.1) is 6.04 Å². The van der Waals surface area contributed by atoms with Gasteiger partial charge in [0, 0.05) is 0 Å². The molecule has 0 bridgehead atoms. The van der Waals surface area contributed by atoms with E-state index in [0.717, 1.165) is 0 Å². The zero-order chi connectivity index (χ0) is 12.5. The Kier molecular flexibility index (Phi) is 3.97. The van der Waals surface area contributed by atoms with Crippen molar-refractivity contribution in [3.8, 4) is 0 Å². The van der Waals surface area contributed by atoms with E-state index in [2.05, 4.69) is 5.73 Å². The van der Waals surface area contributed by atoms with Gasteiger partial charge in [-0.15, -0.1) is 0 Å². The van der Waals surface area contributed by atoms with Crippen molar-refractivity contribution in [2.75, 3.05) is 6.54 Å². The van der Waals surface area contributed by atoms with Crippen molar-refractivity contribution in [2.24, 2.45) is 11.5 Å². The molecule has 0 amide bonds. The van der Waals surface area contributed by atoms with Crippen LogP contribution in [0, 0.1) is 0 Å². The fourth-order valence-electron chi connectivity index (χ4n) is 0.783. The first-order valence-electron chi connectivity index (χ1n) is 3.76. The highest BCUT2D eigenvalue weighted by Crippen LogP contribution is 2.47. The van der Waals surface area contributed by atoms with Gasteiger partial charge in [-0.05, 0) is 13.0 Å². The Labute approximate surface area is 80.4 Å². The molecule has 0 aliphatic carbocycles. The summed E-state index contributed by atoms with van der Waals surface area (Å²) in [5, 5.41) is 0. The summed E-state index contributed by atoms with van der Waals surface area (Å²) >= 11 is 0. The van der Waals surface area contributed by atoms with Gasteiger partial charge in [0.1, 0.15) is 0 Å². The minimum Gasteiger partial charge on any atom is -0.330 e. The van der Waals surface area contributed by atoms with E-state index in [1.165, 1.54) is 0 Å². The van der Waals surface area contributed by atoms with Gasteiger partial charge >= 0.3 is 18.0 Å². The lowest BCUT2D eigenvalue weighted by Gasteiger charge is -2.31. The molecule has 0 heterocycles. The van der Waals surface area contributed by atoms with Gasteiger partial charge < -0.3 is 11.5 Å². The predicted molar refractivity (Wildman–Crippen MR) is 37.6 cm³/mol. The van der Waals surface area contributed by atoms with E-state index < -0.39 is 37.0 Å². The molecule has 0 aromatic carbocycles. The van der Waals surface area contributed by atoms with Crippen molar-refractivity contribution in [3.63, 3.8) is 0 Å². The number of rotatable bonds is 4. The van der Waals surface area contributed by atoms with Gasteiger partial charge in [0.2, 0.25) is 0 Å². The van der Waals surface area contributed by atoms with E-state index in [1.807, 2.05) is 0 Å². The molecule has 0 aliphatic rings. The smallest absolute Gasteiger partial charge is 0.330 e. The minimum absolute atomic E-state index is 0.509. The van der Waals surface area contributed by atoms with E-state index in [4.69, 9.17) is 5.73 Å². The molecule has 0 unspecified atom stereocenters. The molecule has 0 radical (unpaired) electrons. The summed E-state index contributed by atoms with van der Waals surface area (Å²) in [7, 11) is 0. The van der Waals surface area contributed by atoms with Gasteiger partial charge in [0.15, 0.2) is 0 Å². The van der Waals surface area contributed by atoms with Crippen LogP contribution in [0.25, 0.3) is 0 Å². The van der Waals surface area contributed by atoms with Gasteiger partial charge in [-0.25, -0.2) is 0 Å². The molecule has 4 N–H and O–H groups in total. The minimum atomic E-state index is -6.34. The lowest BCUT2D eigenvalue weighted by atomic mass is 10.0. The maximum Gasteiger partial charge on any atom is 0.459 e. The van der Waals surface area contributed by atoms with E-state index in [1.54, 1.807) is 0 Å². The summed E-state index contributed by atoms with van der Waals surface area (Å²) in [6.45, 7) is -0.509. The first kappa shape index (κ1) is 14.4. The largest absolute Gasteiger partial charge is 0.459 e. The second kappa shape index (κ2) is 4.12. The van der Waals surface area contributed by atoms with Crippen LogP contribution < -0.4 is 11.5 Å². The van der Waals surface area contributed by atoms with Crippen LogP contribution in [0.2, 0.25) is 0 Å². The maximum atomic E-state index is 12.6. The van der Waals surface area contributed by atoms with E-state index in [9.17, 15) is 30.7 Å². The summed E-state index contributed by atoms with van der Waals surface area (Å²) in [4.78, 5) is 0. The van der Waals surface area contributed by atoms with Crippen LogP contribution in [0.1, 0.15) is 6.42 Å².